The third-order valence-corrected chi connectivity index (χ3v) is 8.18. The van der Waals surface area contributed by atoms with E-state index in [2.05, 4.69) is 9.71 Å². The number of amides is 1. The molecule has 1 heterocycles. The molecular weight excluding hydrogens is 470 g/mol. The van der Waals surface area contributed by atoms with E-state index >= 15 is 0 Å². The topological polar surface area (TPSA) is 88.6 Å². The fourth-order valence-corrected chi connectivity index (χ4v) is 5.78. The van der Waals surface area contributed by atoms with Gasteiger partial charge in [-0.05, 0) is 56.3 Å². The Hall–Kier alpha value is -3.43. The number of benzene rings is 3. The largest absolute Gasteiger partial charge is 0.495 e. The first-order valence-electron chi connectivity index (χ1n) is 10.6. The number of anilines is 1. The van der Waals surface area contributed by atoms with Crippen molar-refractivity contribution in [2.75, 3.05) is 18.9 Å². The Morgan fingerprint density at radius 1 is 1.09 bits per heavy atom. The van der Waals surface area contributed by atoms with E-state index in [0.717, 1.165) is 20.8 Å². The molecular formula is C25H25N3O4S2. The maximum atomic E-state index is 13.3. The first-order valence-corrected chi connectivity index (χ1v) is 12.9. The lowest BCUT2D eigenvalue weighted by atomic mass is 10.1. The standard InChI is InChI=1S/C25H25N3O4S2/c1-16-9-12-19(13-10-16)27-34(30,31)23-15-18(11-14-21(23)32-4)25(29)28(3)17(2)24-26-20-7-5-6-8-22(20)33-24/h5-15,17,27H,1-4H3. The summed E-state index contributed by atoms with van der Waals surface area (Å²) in [6.45, 7) is 3.82. The van der Waals surface area contributed by atoms with E-state index in [1.807, 2.05) is 50.2 Å². The molecule has 176 valence electrons. The number of methoxy groups -OCH3 is 1. The van der Waals surface area contributed by atoms with Crippen LogP contribution in [0.25, 0.3) is 10.2 Å². The molecule has 0 saturated carbocycles. The molecule has 0 radical (unpaired) electrons. The Morgan fingerprint density at radius 3 is 2.47 bits per heavy atom. The van der Waals surface area contributed by atoms with Crippen LogP contribution in [0.4, 0.5) is 5.69 Å². The van der Waals surface area contributed by atoms with Gasteiger partial charge in [-0.3, -0.25) is 9.52 Å². The highest BCUT2D eigenvalue weighted by atomic mass is 32.2. The maximum absolute atomic E-state index is 13.3. The van der Waals surface area contributed by atoms with Gasteiger partial charge < -0.3 is 9.64 Å². The lowest BCUT2D eigenvalue weighted by molar-refractivity contribution is 0.0742. The SMILES string of the molecule is COc1ccc(C(=O)N(C)C(C)c2nc3ccccc3s2)cc1S(=O)(=O)Nc1ccc(C)cc1. The van der Waals surface area contributed by atoms with E-state index in [4.69, 9.17) is 4.74 Å². The van der Waals surface area contributed by atoms with Gasteiger partial charge in [-0.25, -0.2) is 13.4 Å². The molecule has 1 amide bonds. The number of ether oxygens (including phenoxy) is 1. The minimum atomic E-state index is -4.00. The van der Waals surface area contributed by atoms with E-state index in [1.54, 1.807) is 30.1 Å². The first kappa shape index (κ1) is 23.7. The summed E-state index contributed by atoms with van der Waals surface area (Å²) >= 11 is 1.53. The Bertz CT molecular complexity index is 1410. The van der Waals surface area contributed by atoms with Gasteiger partial charge in [0.1, 0.15) is 15.7 Å². The molecule has 0 aliphatic carbocycles. The van der Waals surface area contributed by atoms with Crippen LogP contribution in [0.2, 0.25) is 0 Å². The number of aromatic nitrogens is 1. The number of hydrogen-bond acceptors (Lipinski definition) is 6. The zero-order valence-corrected chi connectivity index (χ0v) is 20.9. The summed E-state index contributed by atoms with van der Waals surface area (Å²) in [5, 5.41) is 0.805. The van der Waals surface area contributed by atoms with E-state index in [9.17, 15) is 13.2 Å². The molecule has 0 bridgehead atoms. The highest BCUT2D eigenvalue weighted by Crippen LogP contribution is 2.31. The average molecular weight is 496 g/mol. The molecule has 0 aliphatic heterocycles. The van der Waals surface area contributed by atoms with Crippen molar-refractivity contribution in [3.05, 3.63) is 82.9 Å². The van der Waals surface area contributed by atoms with Crippen LogP contribution >= 0.6 is 11.3 Å². The fourth-order valence-electron chi connectivity index (χ4n) is 3.47. The summed E-state index contributed by atoms with van der Waals surface area (Å²) in [5.74, 6) is -0.167. The summed E-state index contributed by atoms with van der Waals surface area (Å²) in [6, 6.07) is 18.9. The van der Waals surface area contributed by atoms with Crippen molar-refractivity contribution in [2.24, 2.45) is 0 Å². The van der Waals surface area contributed by atoms with Crippen LogP contribution in [0.15, 0.2) is 71.6 Å². The van der Waals surface area contributed by atoms with Crippen molar-refractivity contribution < 1.29 is 17.9 Å². The number of sulfonamides is 1. The van der Waals surface area contributed by atoms with Crippen molar-refractivity contribution in [3.63, 3.8) is 0 Å². The molecule has 0 spiro atoms. The summed E-state index contributed by atoms with van der Waals surface area (Å²) < 4.78 is 35.2. The number of nitrogens with zero attached hydrogens (tertiary/aromatic N) is 2. The lowest BCUT2D eigenvalue weighted by Gasteiger charge is -2.24. The van der Waals surface area contributed by atoms with Crippen molar-refractivity contribution in [2.45, 2.75) is 24.8 Å². The summed E-state index contributed by atoms with van der Waals surface area (Å²) in [6.07, 6.45) is 0. The van der Waals surface area contributed by atoms with Gasteiger partial charge in [-0.15, -0.1) is 11.3 Å². The van der Waals surface area contributed by atoms with Gasteiger partial charge in [-0.1, -0.05) is 29.8 Å². The molecule has 1 N–H and O–H groups in total. The van der Waals surface area contributed by atoms with Crippen LogP contribution in [0.5, 0.6) is 5.75 Å². The number of carbonyl (C=O) groups excluding carboxylic acids is 1. The number of aryl methyl sites for hydroxylation is 1. The fraction of sp³-hybridized carbons (Fsp3) is 0.200. The number of para-hydroxylation sites is 1. The van der Waals surface area contributed by atoms with Crippen LogP contribution in [0.1, 0.15) is 33.9 Å². The van der Waals surface area contributed by atoms with Gasteiger partial charge in [0.2, 0.25) is 0 Å². The highest BCUT2D eigenvalue weighted by molar-refractivity contribution is 7.92. The number of rotatable bonds is 7. The summed E-state index contributed by atoms with van der Waals surface area (Å²) in [4.78, 5) is 19.4. The third kappa shape index (κ3) is 4.76. The zero-order chi connectivity index (χ0) is 24.5. The maximum Gasteiger partial charge on any atom is 0.265 e. The monoisotopic (exact) mass is 495 g/mol. The minimum Gasteiger partial charge on any atom is -0.495 e. The number of fused-ring (bicyclic) bond motifs is 1. The first-order chi connectivity index (χ1) is 16.2. The number of carbonyl (C=O) groups is 1. The average Bonchev–Trinajstić information content (AvgIpc) is 3.28. The quantitative estimate of drug-likeness (QED) is 0.378. The molecule has 0 saturated heterocycles. The molecule has 1 aromatic heterocycles. The van der Waals surface area contributed by atoms with Crippen LogP contribution in [0.3, 0.4) is 0 Å². The second-order valence-corrected chi connectivity index (χ2v) is 10.7. The number of nitrogens with one attached hydrogen (secondary N) is 1. The van der Waals surface area contributed by atoms with E-state index in [1.165, 1.54) is 30.6 Å². The molecule has 0 aliphatic rings. The lowest BCUT2D eigenvalue weighted by Crippen LogP contribution is -2.30. The Labute approximate surface area is 203 Å². The Kier molecular flexibility index (Phi) is 6.58. The molecule has 3 aromatic carbocycles. The van der Waals surface area contributed by atoms with Crippen molar-refractivity contribution >= 4 is 43.2 Å². The Morgan fingerprint density at radius 2 is 1.79 bits per heavy atom. The third-order valence-electron chi connectivity index (χ3n) is 5.57. The van der Waals surface area contributed by atoms with Gasteiger partial charge in [0, 0.05) is 18.3 Å². The molecule has 1 unspecified atom stereocenters. The second kappa shape index (κ2) is 9.44. The predicted molar refractivity (Wildman–Crippen MR) is 135 cm³/mol. The van der Waals surface area contributed by atoms with Gasteiger partial charge in [0.25, 0.3) is 15.9 Å². The minimum absolute atomic E-state index is 0.109. The smallest absolute Gasteiger partial charge is 0.265 e. The highest BCUT2D eigenvalue weighted by Gasteiger charge is 2.26. The molecule has 4 aromatic rings. The van der Waals surface area contributed by atoms with E-state index in [0.29, 0.717) is 5.69 Å². The molecule has 9 heteroatoms. The van der Waals surface area contributed by atoms with Gasteiger partial charge in [0.05, 0.1) is 23.4 Å². The van der Waals surface area contributed by atoms with Gasteiger partial charge >= 0.3 is 0 Å². The van der Waals surface area contributed by atoms with Crippen LogP contribution in [-0.2, 0) is 10.0 Å². The number of hydrogen-bond donors (Lipinski definition) is 1. The molecule has 1 atom stereocenters. The summed E-state index contributed by atoms with van der Waals surface area (Å²) in [7, 11) is -0.922. The van der Waals surface area contributed by atoms with Crippen LogP contribution < -0.4 is 9.46 Å². The zero-order valence-electron chi connectivity index (χ0n) is 19.3. The van der Waals surface area contributed by atoms with Crippen LogP contribution in [0, 0.1) is 6.92 Å². The van der Waals surface area contributed by atoms with Crippen LogP contribution in [-0.4, -0.2) is 38.4 Å². The predicted octanol–water partition coefficient (Wildman–Crippen LogP) is 5.25. The van der Waals surface area contributed by atoms with Crippen molar-refractivity contribution in [1.82, 2.24) is 9.88 Å². The Balaban J connectivity index is 1.63. The van der Waals surface area contributed by atoms with E-state index in [-0.39, 0.29) is 28.2 Å². The van der Waals surface area contributed by atoms with Crippen molar-refractivity contribution in [1.29, 1.82) is 0 Å². The van der Waals surface area contributed by atoms with Gasteiger partial charge in [-0.2, -0.15) is 0 Å². The van der Waals surface area contributed by atoms with E-state index < -0.39 is 10.0 Å². The molecule has 0 fully saturated rings. The van der Waals surface area contributed by atoms with Gasteiger partial charge in [0.15, 0.2) is 0 Å². The molecule has 7 nitrogen and oxygen atoms in total. The van der Waals surface area contributed by atoms with Crippen molar-refractivity contribution in [3.8, 4) is 5.75 Å². The molecule has 34 heavy (non-hydrogen) atoms. The number of thiazole rings is 1. The second-order valence-electron chi connectivity index (χ2n) is 7.95. The molecule has 4 rings (SSSR count). The normalized spacial score (nSPS) is 12.4. The summed E-state index contributed by atoms with van der Waals surface area (Å²) in [5.41, 5.74) is 2.56.